The highest BCUT2D eigenvalue weighted by Gasteiger charge is 2.35. The maximum Gasteiger partial charge on any atom is 0.226 e. The third-order valence-corrected chi connectivity index (χ3v) is 6.82. The molecule has 1 aromatic rings. The van der Waals surface area contributed by atoms with Gasteiger partial charge in [-0.25, -0.2) is 8.42 Å². The van der Waals surface area contributed by atoms with Gasteiger partial charge in [-0.1, -0.05) is 12.1 Å². The molecule has 1 amide bonds. The summed E-state index contributed by atoms with van der Waals surface area (Å²) in [5.74, 6) is 0.715. The first-order valence-electron chi connectivity index (χ1n) is 8.81. The molecule has 2 aliphatic rings. The summed E-state index contributed by atoms with van der Waals surface area (Å²) >= 11 is 0. The van der Waals surface area contributed by atoms with E-state index in [4.69, 9.17) is 4.74 Å². The average Bonchev–Trinajstić information content (AvgIpc) is 2.81. The first-order chi connectivity index (χ1) is 12.0. The van der Waals surface area contributed by atoms with E-state index in [1.807, 2.05) is 17.0 Å². The Bertz CT molecular complexity index is 702. The van der Waals surface area contributed by atoms with E-state index >= 15 is 0 Å². The zero-order valence-electron chi connectivity index (χ0n) is 14.7. The van der Waals surface area contributed by atoms with Gasteiger partial charge in [0.1, 0.15) is 5.75 Å². The number of amides is 1. The molecule has 138 valence electrons. The van der Waals surface area contributed by atoms with Crippen molar-refractivity contribution in [3.8, 4) is 5.75 Å². The number of nitrogens with zero attached hydrogens (tertiary/aromatic N) is 2. The van der Waals surface area contributed by atoms with E-state index in [9.17, 15) is 13.2 Å². The number of sulfone groups is 1. The first kappa shape index (κ1) is 18.2. The van der Waals surface area contributed by atoms with Crippen LogP contribution in [0.1, 0.15) is 18.4 Å². The SMILES string of the molecule is COc1ccc(CN2CCCN(C(=O)C3CCS(=O)(=O)C3)CC2)cc1. The number of methoxy groups -OCH3 is 1. The molecule has 25 heavy (non-hydrogen) atoms. The molecule has 0 aliphatic carbocycles. The Morgan fingerprint density at radius 2 is 1.92 bits per heavy atom. The largest absolute Gasteiger partial charge is 0.497 e. The molecule has 2 fully saturated rings. The summed E-state index contributed by atoms with van der Waals surface area (Å²) in [5.41, 5.74) is 1.22. The number of ether oxygens (including phenoxy) is 1. The molecular formula is C18H26N2O4S. The molecular weight excluding hydrogens is 340 g/mol. The van der Waals surface area contributed by atoms with Gasteiger partial charge in [0.05, 0.1) is 24.5 Å². The lowest BCUT2D eigenvalue weighted by molar-refractivity contribution is -0.134. The minimum Gasteiger partial charge on any atom is -0.497 e. The van der Waals surface area contributed by atoms with Gasteiger partial charge in [0.15, 0.2) is 9.84 Å². The van der Waals surface area contributed by atoms with Crippen molar-refractivity contribution in [3.63, 3.8) is 0 Å². The highest BCUT2D eigenvalue weighted by molar-refractivity contribution is 7.91. The van der Waals surface area contributed by atoms with Crippen LogP contribution in [-0.2, 0) is 21.2 Å². The zero-order chi connectivity index (χ0) is 17.9. The van der Waals surface area contributed by atoms with Crippen molar-refractivity contribution >= 4 is 15.7 Å². The summed E-state index contributed by atoms with van der Waals surface area (Å²) < 4.78 is 28.4. The summed E-state index contributed by atoms with van der Waals surface area (Å²) in [6, 6.07) is 8.05. The van der Waals surface area contributed by atoms with Crippen molar-refractivity contribution in [3.05, 3.63) is 29.8 Å². The Morgan fingerprint density at radius 3 is 2.56 bits per heavy atom. The van der Waals surface area contributed by atoms with Crippen LogP contribution >= 0.6 is 0 Å². The number of carbonyl (C=O) groups is 1. The first-order valence-corrected chi connectivity index (χ1v) is 10.6. The molecule has 1 aromatic carbocycles. The van der Waals surface area contributed by atoms with Crippen LogP contribution < -0.4 is 4.74 Å². The van der Waals surface area contributed by atoms with Crippen molar-refractivity contribution in [1.29, 1.82) is 0 Å². The molecule has 0 bridgehead atoms. The molecule has 3 rings (SSSR count). The van der Waals surface area contributed by atoms with Gasteiger partial charge in [-0.2, -0.15) is 0 Å². The minimum atomic E-state index is -3.01. The number of carbonyl (C=O) groups excluding carboxylic acids is 1. The predicted molar refractivity (Wildman–Crippen MR) is 96.2 cm³/mol. The number of hydrogen-bond donors (Lipinski definition) is 0. The van der Waals surface area contributed by atoms with E-state index in [2.05, 4.69) is 17.0 Å². The van der Waals surface area contributed by atoms with Gasteiger partial charge in [0, 0.05) is 32.7 Å². The third-order valence-electron chi connectivity index (χ3n) is 5.05. The van der Waals surface area contributed by atoms with E-state index in [1.54, 1.807) is 7.11 Å². The van der Waals surface area contributed by atoms with Gasteiger partial charge in [0.25, 0.3) is 0 Å². The lowest BCUT2D eigenvalue weighted by Crippen LogP contribution is -2.39. The van der Waals surface area contributed by atoms with Crippen molar-refractivity contribution in [2.24, 2.45) is 5.92 Å². The summed E-state index contributed by atoms with van der Waals surface area (Å²) in [4.78, 5) is 16.8. The molecule has 0 radical (unpaired) electrons. The van der Waals surface area contributed by atoms with Crippen LogP contribution in [0.4, 0.5) is 0 Å². The molecule has 1 unspecified atom stereocenters. The second-order valence-electron chi connectivity index (χ2n) is 6.90. The van der Waals surface area contributed by atoms with Crippen LogP contribution in [0.15, 0.2) is 24.3 Å². The van der Waals surface area contributed by atoms with Gasteiger partial charge in [-0.05, 0) is 30.5 Å². The van der Waals surface area contributed by atoms with E-state index in [0.717, 1.165) is 31.8 Å². The summed E-state index contributed by atoms with van der Waals surface area (Å²) in [5, 5.41) is 0. The predicted octanol–water partition coefficient (Wildman–Crippen LogP) is 1.16. The lowest BCUT2D eigenvalue weighted by Gasteiger charge is -2.24. The Hall–Kier alpha value is -1.60. The van der Waals surface area contributed by atoms with Crippen LogP contribution in [0.25, 0.3) is 0 Å². The van der Waals surface area contributed by atoms with E-state index < -0.39 is 9.84 Å². The fourth-order valence-corrected chi connectivity index (χ4v) is 5.32. The quantitative estimate of drug-likeness (QED) is 0.800. The maximum absolute atomic E-state index is 12.6. The van der Waals surface area contributed by atoms with Crippen LogP contribution in [0.2, 0.25) is 0 Å². The van der Waals surface area contributed by atoms with Crippen molar-refractivity contribution in [2.75, 3.05) is 44.8 Å². The van der Waals surface area contributed by atoms with Gasteiger partial charge < -0.3 is 9.64 Å². The fraction of sp³-hybridized carbons (Fsp3) is 0.611. The van der Waals surface area contributed by atoms with Gasteiger partial charge >= 0.3 is 0 Å². The number of hydrogen-bond acceptors (Lipinski definition) is 5. The van der Waals surface area contributed by atoms with Crippen LogP contribution in [0.5, 0.6) is 5.75 Å². The molecule has 0 saturated carbocycles. The van der Waals surface area contributed by atoms with Gasteiger partial charge in [-0.3, -0.25) is 9.69 Å². The summed E-state index contributed by atoms with van der Waals surface area (Å²) in [6.45, 7) is 4.00. The smallest absolute Gasteiger partial charge is 0.226 e. The van der Waals surface area contributed by atoms with Crippen LogP contribution in [0, 0.1) is 5.92 Å². The van der Waals surface area contributed by atoms with Crippen molar-refractivity contribution in [1.82, 2.24) is 9.80 Å². The van der Waals surface area contributed by atoms with Crippen LogP contribution in [-0.4, -0.2) is 68.9 Å². The standard InChI is InChI=1S/C18H26N2O4S/c1-24-17-5-3-15(4-6-17)13-19-8-2-9-20(11-10-19)18(21)16-7-12-25(22,23)14-16/h3-6,16H,2,7-14H2,1H3. The van der Waals surface area contributed by atoms with Crippen molar-refractivity contribution < 1.29 is 17.9 Å². The fourth-order valence-electron chi connectivity index (χ4n) is 3.59. The number of benzene rings is 1. The normalized spacial score (nSPS) is 24.0. The monoisotopic (exact) mass is 366 g/mol. The van der Waals surface area contributed by atoms with E-state index in [-0.39, 0.29) is 23.3 Å². The molecule has 6 nitrogen and oxygen atoms in total. The second-order valence-corrected chi connectivity index (χ2v) is 9.13. The topological polar surface area (TPSA) is 66.9 Å². The van der Waals surface area contributed by atoms with E-state index in [0.29, 0.717) is 19.5 Å². The molecule has 2 saturated heterocycles. The van der Waals surface area contributed by atoms with E-state index in [1.165, 1.54) is 5.56 Å². The Balaban J connectivity index is 1.54. The molecule has 0 aromatic heterocycles. The Kier molecular flexibility index (Phi) is 5.64. The molecule has 0 spiro atoms. The number of rotatable bonds is 4. The zero-order valence-corrected chi connectivity index (χ0v) is 15.5. The molecule has 7 heteroatoms. The Labute approximate surface area is 149 Å². The maximum atomic E-state index is 12.6. The summed E-state index contributed by atoms with van der Waals surface area (Å²) in [7, 11) is -1.36. The minimum absolute atomic E-state index is 0.0207. The highest BCUT2D eigenvalue weighted by Crippen LogP contribution is 2.22. The molecule has 1 atom stereocenters. The Morgan fingerprint density at radius 1 is 1.16 bits per heavy atom. The summed E-state index contributed by atoms with van der Waals surface area (Å²) in [6.07, 6.45) is 1.40. The lowest BCUT2D eigenvalue weighted by atomic mass is 10.1. The highest BCUT2D eigenvalue weighted by atomic mass is 32.2. The molecule has 0 N–H and O–H groups in total. The van der Waals surface area contributed by atoms with Gasteiger partial charge in [-0.15, -0.1) is 0 Å². The average molecular weight is 366 g/mol. The third kappa shape index (κ3) is 4.73. The van der Waals surface area contributed by atoms with Crippen molar-refractivity contribution in [2.45, 2.75) is 19.4 Å². The molecule has 2 heterocycles. The molecule has 2 aliphatic heterocycles. The van der Waals surface area contributed by atoms with Crippen LogP contribution in [0.3, 0.4) is 0 Å². The second kappa shape index (κ2) is 7.74. The van der Waals surface area contributed by atoms with Gasteiger partial charge in [0.2, 0.25) is 5.91 Å².